The number of hydroxylamine groups is 1. The molecule has 0 unspecified atom stereocenters. The van der Waals surface area contributed by atoms with Gasteiger partial charge in [-0.05, 0) is 12.1 Å². The molecular formula is C11H10N4O4. The third-order valence-corrected chi connectivity index (χ3v) is 2.35. The van der Waals surface area contributed by atoms with E-state index in [-0.39, 0.29) is 10.9 Å². The number of carbonyl (C=O) groups excluding carboxylic acids is 2. The van der Waals surface area contributed by atoms with Crippen LogP contribution < -0.4 is 16.5 Å². The van der Waals surface area contributed by atoms with Crippen molar-refractivity contribution in [3.8, 4) is 0 Å². The summed E-state index contributed by atoms with van der Waals surface area (Å²) in [7, 11) is 0. The molecule has 1 aromatic carbocycles. The summed E-state index contributed by atoms with van der Waals surface area (Å²) in [5.41, 5.74) is 3.23. The molecule has 8 nitrogen and oxygen atoms in total. The second-order valence-corrected chi connectivity index (χ2v) is 3.70. The first kappa shape index (κ1) is 12.7. The van der Waals surface area contributed by atoms with E-state index in [1.807, 2.05) is 0 Å². The van der Waals surface area contributed by atoms with Crippen LogP contribution in [-0.2, 0) is 4.79 Å². The lowest BCUT2D eigenvalue weighted by Gasteiger charge is -2.11. The summed E-state index contributed by atoms with van der Waals surface area (Å²) in [6.45, 7) is 1.18. The van der Waals surface area contributed by atoms with Crippen molar-refractivity contribution in [2.45, 2.75) is 6.92 Å². The van der Waals surface area contributed by atoms with Gasteiger partial charge >= 0.3 is 5.91 Å². The molecule has 1 heterocycles. The van der Waals surface area contributed by atoms with Crippen LogP contribution in [0, 0.1) is 0 Å². The quantitative estimate of drug-likeness (QED) is 0.503. The molecule has 0 saturated carbocycles. The van der Waals surface area contributed by atoms with Gasteiger partial charge in [0.05, 0.1) is 10.9 Å². The zero-order valence-corrected chi connectivity index (χ0v) is 9.88. The highest BCUT2D eigenvalue weighted by atomic mass is 16.5. The van der Waals surface area contributed by atoms with Gasteiger partial charge in [0.25, 0.3) is 5.56 Å². The summed E-state index contributed by atoms with van der Waals surface area (Å²) < 4.78 is 0.691. The third kappa shape index (κ3) is 2.29. The van der Waals surface area contributed by atoms with Gasteiger partial charge in [0, 0.05) is 6.92 Å². The van der Waals surface area contributed by atoms with Gasteiger partial charge in [0.15, 0.2) is 0 Å². The molecule has 0 aliphatic heterocycles. The van der Waals surface area contributed by atoms with Crippen molar-refractivity contribution in [2.24, 2.45) is 0 Å². The molecule has 3 N–H and O–H groups in total. The summed E-state index contributed by atoms with van der Waals surface area (Å²) in [5.74, 6) is -1.97. The minimum atomic E-state index is -1.00. The summed E-state index contributed by atoms with van der Waals surface area (Å²) in [6.07, 6.45) is 0. The lowest BCUT2D eigenvalue weighted by Crippen LogP contribution is -2.39. The second kappa shape index (κ2) is 4.86. The average molecular weight is 262 g/mol. The Morgan fingerprint density at radius 2 is 2.00 bits per heavy atom. The number of rotatable bonds is 2. The first-order valence-electron chi connectivity index (χ1n) is 5.28. The van der Waals surface area contributed by atoms with E-state index in [4.69, 9.17) is 5.21 Å². The lowest BCUT2D eigenvalue weighted by molar-refractivity contribution is -0.115. The van der Waals surface area contributed by atoms with Gasteiger partial charge in [-0.2, -0.15) is 4.68 Å². The number of hydrogen-bond acceptors (Lipinski definition) is 5. The van der Waals surface area contributed by atoms with Crippen LogP contribution in [0.4, 0.5) is 0 Å². The van der Waals surface area contributed by atoms with Crippen LogP contribution in [0.15, 0.2) is 29.1 Å². The molecule has 0 bridgehead atoms. The second-order valence-electron chi connectivity index (χ2n) is 3.70. The van der Waals surface area contributed by atoms with Crippen molar-refractivity contribution in [3.05, 3.63) is 40.4 Å². The van der Waals surface area contributed by atoms with Crippen molar-refractivity contribution >= 4 is 22.7 Å². The van der Waals surface area contributed by atoms with Crippen molar-refractivity contribution < 1.29 is 14.8 Å². The van der Waals surface area contributed by atoms with E-state index in [9.17, 15) is 14.4 Å². The van der Waals surface area contributed by atoms with Crippen LogP contribution in [-0.4, -0.2) is 26.7 Å². The topological polar surface area (TPSA) is 113 Å². The molecule has 0 radical (unpaired) electrons. The van der Waals surface area contributed by atoms with Crippen molar-refractivity contribution in [3.63, 3.8) is 0 Å². The molecule has 0 spiro atoms. The molecule has 2 aromatic rings. The van der Waals surface area contributed by atoms with E-state index in [2.05, 4.69) is 10.4 Å². The van der Waals surface area contributed by atoms with Gasteiger partial charge in [-0.25, -0.2) is 10.5 Å². The average Bonchev–Trinajstić information content (AvgIpc) is 2.40. The number of amides is 2. The number of benzene rings is 1. The smallest absolute Gasteiger partial charge is 0.288 e. The largest absolute Gasteiger partial charge is 0.312 e. The van der Waals surface area contributed by atoms with E-state index in [0.29, 0.717) is 4.68 Å². The number of para-hydroxylation sites is 1. The molecule has 0 aliphatic rings. The zero-order chi connectivity index (χ0) is 14.0. The normalized spacial score (nSPS) is 10.2. The molecule has 0 atom stereocenters. The monoisotopic (exact) mass is 262 g/mol. The Morgan fingerprint density at radius 1 is 1.32 bits per heavy atom. The molecule has 1 aromatic heterocycles. The van der Waals surface area contributed by atoms with Crippen LogP contribution in [0.5, 0.6) is 0 Å². The molecule has 19 heavy (non-hydrogen) atoms. The number of fused-ring (bicyclic) bond motifs is 1. The highest BCUT2D eigenvalue weighted by Crippen LogP contribution is 2.07. The van der Waals surface area contributed by atoms with Gasteiger partial charge < -0.3 is 0 Å². The Bertz CT molecular complexity index is 722. The molecule has 0 fully saturated rings. The van der Waals surface area contributed by atoms with Gasteiger partial charge in [-0.1, -0.05) is 12.1 Å². The first-order valence-corrected chi connectivity index (χ1v) is 5.28. The van der Waals surface area contributed by atoms with Crippen LogP contribution in [0.1, 0.15) is 17.5 Å². The van der Waals surface area contributed by atoms with E-state index < -0.39 is 23.2 Å². The maximum atomic E-state index is 12.2. The summed E-state index contributed by atoms with van der Waals surface area (Å²) in [5, 5.41) is 8.88. The van der Waals surface area contributed by atoms with Gasteiger partial charge in [-0.15, -0.1) is 0 Å². The van der Waals surface area contributed by atoms with E-state index >= 15 is 0 Å². The Balaban J connectivity index is 2.80. The van der Waals surface area contributed by atoms with Gasteiger partial charge in [0.2, 0.25) is 11.7 Å². The molecule has 0 aliphatic carbocycles. The summed E-state index contributed by atoms with van der Waals surface area (Å²) in [6, 6.07) is 6.35. The minimum absolute atomic E-state index is 0.241. The standard InChI is InChI=1S/C11H10N4O4/c1-6(16)13-15-9(10(17)14-19)12-8-5-3-2-4-7(8)11(15)18/h2-5,19H,1H3,(H,13,16)(H,14,17). The highest BCUT2D eigenvalue weighted by molar-refractivity contribution is 5.93. The van der Waals surface area contributed by atoms with Crippen LogP contribution >= 0.6 is 0 Å². The maximum Gasteiger partial charge on any atom is 0.312 e. The van der Waals surface area contributed by atoms with E-state index in [1.165, 1.54) is 18.5 Å². The Morgan fingerprint density at radius 3 is 2.63 bits per heavy atom. The molecule has 0 saturated heterocycles. The summed E-state index contributed by atoms with van der Waals surface area (Å²) in [4.78, 5) is 38.6. The SMILES string of the molecule is CC(=O)Nn1c(C(=O)NO)nc2ccccc2c1=O. The highest BCUT2D eigenvalue weighted by Gasteiger charge is 2.17. The van der Waals surface area contributed by atoms with Gasteiger partial charge in [0.1, 0.15) is 0 Å². The maximum absolute atomic E-state index is 12.2. The fourth-order valence-corrected chi connectivity index (χ4v) is 1.60. The molecular weight excluding hydrogens is 252 g/mol. The van der Waals surface area contributed by atoms with E-state index in [1.54, 1.807) is 18.2 Å². The number of nitrogens with zero attached hydrogens (tertiary/aromatic N) is 2. The number of carbonyl (C=O) groups is 2. The predicted octanol–water partition coefficient (Wildman–Crippen LogP) is -0.395. The summed E-state index contributed by atoms with van der Waals surface area (Å²) >= 11 is 0. The Hall–Kier alpha value is -2.74. The molecule has 2 amide bonds. The minimum Gasteiger partial charge on any atom is -0.288 e. The number of aromatic nitrogens is 2. The molecule has 2 rings (SSSR count). The first-order chi connectivity index (χ1) is 9.04. The fourth-order valence-electron chi connectivity index (χ4n) is 1.60. The van der Waals surface area contributed by atoms with Crippen molar-refractivity contribution in [2.75, 3.05) is 5.43 Å². The van der Waals surface area contributed by atoms with Crippen LogP contribution in [0.2, 0.25) is 0 Å². The predicted molar refractivity (Wildman–Crippen MR) is 65.3 cm³/mol. The molecule has 8 heteroatoms. The Labute approximate surface area is 106 Å². The number of hydrogen-bond donors (Lipinski definition) is 3. The molecule has 98 valence electrons. The third-order valence-electron chi connectivity index (χ3n) is 2.35. The Kier molecular flexibility index (Phi) is 3.25. The lowest BCUT2D eigenvalue weighted by atomic mass is 10.2. The van der Waals surface area contributed by atoms with Crippen molar-refractivity contribution in [1.82, 2.24) is 15.1 Å². The van der Waals surface area contributed by atoms with Gasteiger partial charge in [-0.3, -0.25) is 25.0 Å². The van der Waals surface area contributed by atoms with Crippen molar-refractivity contribution in [1.29, 1.82) is 0 Å². The van der Waals surface area contributed by atoms with Crippen LogP contribution in [0.25, 0.3) is 10.9 Å². The number of nitrogens with one attached hydrogen (secondary N) is 2. The zero-order valence-electron chi connectivity index (χ0n) is 9.88. The fraction of sp³-hybridized carbons (Fsp3) is 0.0909. The van der Waals surface area contributed by atoms with E-state index in [0.717, 1.165) is 0 Å². The van der Waals surface area contributed by atoms with Crippen LogP contribution in [0.3, 0.4) is 0 Å².